The van der Waals surface area contributed by atoms with Gasteiger partial charge in [0.25, 0.3) is 11.8 Å². The number of sulfone groups is 1. The van der Waals surface area contributed by atoms with Crippen LogP contribution in [0.5, 0.6) is 11.5 Å². The molecule has 1 N–H and O–H groups in total. The molecule has 1 saturated carbocycles. The van der Waals surface area contributed by atoms with Gasteiger partial charge in [-0.3, -0.25) is 4.79 Å². The zero-order chi connectivity index (χ0) is 21.9. The summed E-state index contributed by atoms with van der Waals surface area (Å²) in [6, 6.07) is 9.27. The van der Waals surface area contributed by atoms with Gasteiger partial charge in [-0.25, -0.2) is 17.2 Å². The molecule has 162 valence electrons. The molecular weight excluding hydrogens is 432 g/mol. The van der Waals surface area contributed by atoms with Crippen molar-refractivity contribution in [2.24, 2.45) is 5.92 Å². The number of hydrogen-bond acceptors (Lipinski definition) is 5. The van der Waals surface area contributed by atoms with Gasteiger partial charge in [-0.05, 0) is 30.9 Å². The van der Waals surface area contributed by atoms with E-state index in [1.54, 1.807) is 30.3 Å². The van der Waals surface area contributed by atoms with E-state index in [1.807, 2.05) is 0 Å². The Balaban J connectivity index is 1.87. The molecule has 1 amide bonds. The van der Waals surface area contributed by atoms with Crippen molar-refractivity contribution in [3.8, 4) is 11.5 Å². The largest absolute Gasteiger partial charge is 0.456 e. The number of hydrogen-bond donors (Lipinski definition) is 1. The lowest BCUT2D eigenvalue weighted by molar-refractivity contribution is 0.0214. The zero-order valence-corrected chi connectivity index (χ0v) is 18.2. The first-order valence-electron chi connectivity index (χ1n) is 9.56. The highest BCUT2D eigenvalue weighted by Gasteiger charge is 2.34. The fraction of sp³-hybridized carbons (Fsp3) is 0.381. The molecule has 1 heterocycles. The Kier molecular flexibility index (Phi) is 6.62. The third-order valence-corrected chi connectivity index (χ3v) is 7.29. The molecule has 1 aliphatic rings. The van der Waals surface area contributed by atoms with Crippen molar-refractivity contribution in [2.75, 3.05) is 5.75 Å². The number of rotatable bonds is 9. The SMILES string of the molecule is CCS(=O)(=O)/C=C/[C@@H](NC(=O)c1sc(C(C)(F)F)cc1Oc1ccccc1)C1CC1. The van der Waals surface area contributed by atoms with Crippen molar-refractivity contribution in [2.45, 2.75) is 38.7 Å². The highest BCUT2D eigenvalue weighted by atomic mass is 32.2. The van der Waals surface area contributed by atoms with Crippen molar-refractivity contribution >= 4 is 27.1 Å². The van der Waals surface area contributed by atoms with Crippen LogP contribution in [0, 0.1) is 5.92 Å². The minimum Gasteiger partial charge on any atom is -0.456 e. The molecule has 0 aliphatic heterocycles. The third-order valence-electron chi connectivity index (χ3n) is 4.63. The summed E-state index contributed by atoms with van der Waals surface area (Å²) in [5.41, 5.74) is 0. The van der Waals surface area contributed by atoms with Crippen LogP contribution in [-0.2, 0) is 15.8 Å². The molecule has 0 radical (unpaired) electrons. The van der Waals surface area contributed by atoms with Crippen LogP contribution in [0.1, 0.15) is 41.2 Å². The summed E-state index contributed by atoms with van der Waals surface area (Å²) in [4.78, 5) is 12.7. The average Bonchev–Trinajstić information content (AvgIpc) is 3.44. The smallest absolute Gasteiger partial charge is 0.279 e. The molecule has 1 aliphatic carbocycles. The molecule has 5 nitrogen and oxygen atoms in total. The van der Waals surface area contributed by atoms with E-state index in [-0.39, 0.29) is 27.2 Å². The van der Waals surface area contributed by atoms with Gasteiger partial charge in [0.1, 0.15) is 10.6 Å². The van der Waals surface area contributed by atoms with E-state index in [1.165, 1.54) is 19.1 Å². The average molecular weight is 456 g/mol. The van der Waals surface area contributed by atoms with Gasteiger partial charge in [0, 0.05) is 18.4 Å². The molecule has 3 rings (SSSR count). The fourth-order valence-electron chi connectivity index (χ4n) is 2.74. The van der Waals surface area contributed by atoms with Crippen LogP contribution in [0.15, 0.2) is 47.9 Å². The van der Waals surface area contributed by atoms with Crippen LogP contribution in [0.25, 0.3) is 0 Å². The lowest BCUT2D eigenvalue weighted by atomic mass is 10.2. The Morgan fingerprint density at radius 2 is 2.00 bits per heavy atom. The van der Waals surface area contributed by atoms with Crippen LogP contribution in [0.2, 0.25) is 0 Å². The van der Waals surface area contributed by atoms with Gasteiger partial charge in [-0.1, -0.05) is 31.2 Å². The molecule has 30 heavy (non-hydrogen) atoms. The van der Waals surface area contributed by atoms with E-state index >= 15 is 0 Å². The number of carbonyl (C=O) groups excluding carboxylic acids is 1. The predicted octanol–water partition coefficient (Wildman–Crippen LogP) is 5.11. The molecule has 1 atom stereocenters. The molecule has 2 aromatic rings. The van der Waals surface area contributed by atoms with E-state index in [2.05, 4.69) is 5.32 Å². The van der Waals surface area contributed by atoms with Crippen LogP contribution < -0.4 is 10.1 Å². The number of alkyl halides is 2. The molecule has 1 fully saturated rings. The summed E-state index contributed by atoms with van der Waals surface area (Å²) < 4.78 is 57.0. The lowest BCUT2D eigenvalue weighted by Gasteiger charge is -2.14. The summed E-state index contributed by atoms with van der Waals surface area (Å²) in [5.74, 6) is -3.14. The maximum atomic E-state index is 13.9. The van der Waals surface area contributed by atoms with Gasteiger partial charge in [0.05, 0.1) is 16.7 Å². The van der Waals surface area contributed by atoms with Gasteiger partial charge >= 0.3 is 0 Å². The number of ether oxygens (including phenoxy) is 1. The van der Waals surface area contributed by atoms with Crippen molar-refractivity contribution in [3.63, 3.8) is 0 Å². The van der Waals surface area contributed by atoms with E-state index in [0.717, 1.165) is 25.2 Å². The van der Waals surface area contributed by atoms with Crippen molar-refractivity contribution in [1.29, 1.82) is 0 Å². The Hall–Kier alpha value is -2.26. The zero-order valence-electron chi connectivity index (χ0n) is 16.6. The highest BCUT2D eigenvalue weighted by Crippen LogP contribution is 2.41. The maximum absolute atomic E-state index is 13.9. The summed E-state index contributed by atoms with van der Waals surface area (Å²) in [6.07, 6.45) is 3.18. The number of benzene rings is 1. The molecule has 0 bridgehead atoms. The number of para-hydroxylation sites is 1. The van der Waals surface area contributed by atoms with Crippen LogP contribution in [0.3, 0.4) is 0 Å². The minimum atomic E-state index is -3.34. The predicted molar refractivity (Wildman–Crippen MR) is 113 cm³/mol. The molecule has 9 heteroatoms. The number of amides is 1. The van der Waals surface area contributed by atoms with Crippen LogP contribution >= 0.6 is 11.3 Å². The topological polar surface area (TPSA) is 72.5 Å². The van der Waals surface area contributed by atoms with E-state index < -0.39 is 27.7 Å². The minimum absolute atomic E-state index is 0.0211. The van der Waals surface area contributed by atoms with Crippen LogP contribution in [0.4, 0.5) is 8.78 Å². The molecule has 0 unspecified atom stereocenters. The van der Waals surface area contributed by atoms with Gasteiger partial charge in [0.2, 0.25) is 0 Å². The van der Waals surface area contributed by atoms with Crippen LogP contribution in [-0.4, -0.2) is 26.1 Å². The Morgan fingerprint density at radius 3 is 2.57 bits per heavy atom. The summed E-state index contributed by atoms with van der Waals surface area (Å²) in [5, 5.41) is 3.89. The Morgan fingerprint density at radius 1 is 1.33 bits per heavy atom. The monoisotopic (exact) mass is 455 g/mol. The fourth-order valence-corrected chi connectivity index (χ4v) is 4.26. The molecule has 1 aromatic heterocycles. The summed E-state index contributed by atoms with van der Waals surface area (Å²) in [7, 11) is -3.34. The number of halogens is 2. The van der Waals surface area contributed by atoms with Gasteiger partial charge in [0.15, 0.2) is 15.6 Å². The quantitative estimate of drug-likeness (QED) is 0.570. The standard InChI is InChI=1S/C21H23F2NO4S2/c1-3-30(26,27)12-11-16(14-9-10-14)24-20(25)19-17(13-18(29-19)21(2,22)23)28-15-7-5-4-6-8-15/h4-8,11-14,16H,3,9-10H2,1-2H3,(H,24,25)/b12-11+/t16-/m1/s1. The summed E-state index contributed by atoms with van der Waals surface area (Å²) >= 11 is 0.667. The van der Waals surface area contributed by atoms with E-state index in [0.29, 0.717) is 17.1 Å². The Labute approximate surface area is 178 Å². The lowest BCUT2D eigenvalue weighted by Crippen LogP contribution is -2.34. The first-order valence-corrected chi connectivity index (χ1v) is 12.1. The first kappa shape index (κ1) is 22.4. The second kappa shape index (κ2) is 8.85. The van der Waals surface area contributed by atoms with Crippen molar-refractivity contribution in [1.82, 2.24) is 5.32 Å². The van der Waals surface area contributed by atoms with Crippen molar-refractivity contribution in [3.05, 3.63) is 57.6 Å². The normalized spacial score (nSPS) is 15.9. The second-order valence-electron chi connectivity index (χ2n) is 7.22. The summed E-state index contributed by atoms with van der Waals surface area (Å²) in [6.45, 7) is 2.30. The maximum Gasteiger partial charge on any atom is 0.279 e. The van der Waals surface area contributed by atoms with E-state index in [4.69, 9.17) is 4.74 Å². The molecule has 0 saturated heterocycles. The first-order chi connectivity index (χ1) is 14.1. The molecule has 1 aromatic carbocycles. The molecular formula is C21H23F2NO4S2. The Bertz CT molecular complexity index is 1020. The van der Waals surface area contributed by atoms with E-state index in [9.17, 15) is 22.0 Å². The number of thiophene rings is 1. The number of nitrogens with one attached hydrogen (secondary N) is 1. The molecule has 0 spiro atoms. The van der Waals surface area contributed by atoms with Gasteiger partial charge < -0.3 is 10.1 Å². The second-order valence-corrected chi connectivity index (χ2v) is 10.5. The van der Waals surface area contributed by atoms with Crippen molar-refractivity contribution < 1.29 is 26.7 Å². The van der Waals surface area contributed by atoms with Gasteiger partial charge in [-0.15, -0.1) is 11.3 Å². The number of carbonyl (C=O) groups is 1. The highest BCUT2D eigenvalue weighted by molar-refractivity contribution is 7.94. The van der Waals surface area contributed by atoms with Gasteiger partial charge in [-0.2, -0.15) is 0 Å². The third kappa shape index (κ3) is 5.89.